The van der Waals surface area contributed by atoms with Crippen molar-refractivity contribution in [1.29, 1.82) is 0 Å². The summed E-state index contributed by atoms with van der Waals surface area (Å²) in [5.41, 5.74) is 0.712. The Hall–Kier alpha value is -2.24. The molecular formula is C13H16FN5. The van der Waals surface area contributed by atoms with Crippen molar-refractivity contribution >= 4 is 17.5 Å². The van der Waals surface area contributed by atoms with Gasteiger partial charge in [-0.05, 0) is 37.6 Å². The Kier molecular flexibility index (Phi) is 4.22. The zero-order chi connectivity index (χ0) is 13.7. The van der Waals surface area contributed by atoms with Crippen LogP contribution in [0, 0.1) is 5.82 Å². The average molecular weight is 261 g/mol. The largest absolute Gasteiger partial charge is 0.366 e. The van der Waals surface area contributed by atoms with Crippen LogP contribution in [-0.2, 0) is 0 Å². The zero-order valence-corrected chi connectivity index (χ0v) is 10.9. The van der Waals surface area contributed by atoms with Crippen molar-refractivity contribution in [3.63, 3.8) is 0 Å². The highest BCUT2D eigenvalue weighted by Crippen LogP contribution is 2.14. The quantitative estimate of drug-likeness (QED) is 0.866. The first-order chi connectivity index (χ1) is 9.17. The summed E-state index contributed by atoms with van der Waals surface area (Å²) in [6, 6.07) is 6.30. The second-order valence-electron chi connectivity index (χ2n) is 4.25. The number of benzene rings is 1. The van der Waals surface area contributed by atoms with Crippen LogP contribution in [0.2, 0.25) is 0 Å². The number of halogens is 1. The summed E-state index contributed by atoms with van der Waals surface area (Å²) in [6.45, 7) is 4.15. The average Bonchev–Trinajstić information content (AvgIpc) is 2.42. The molecule has 0 amide bonds. The molecule has 1 aromatic heterocycles. The summed E-state index contributed by atoms with van der Waals surface area (Å²) in [4.78, 5) is 4.29. The van der Waals surface area contributed by atoms with Gasteiger partial charge in [0.15, 0.2) is 5.82 Å². The van der Waals surface area contributed by atoms with Crippen LogP contribution in [0.25, 0.3) is 0 Å². The monoisotopic (exact) mass is 261 g/mol. The predicted molar refractivity (Wildman–Crippen MR) is 72.9 cm³/mol. The van der Waals surface area contributed by atoms with Crippen molar-refractivity contribution in [2.75, 3.05) is 10.6 Å². The second kappa shape index (κ2) is 6.08. The molecule has 19 heavy (non-hydrogen) atoms. The van der Waals surface area contributed by atoms with Crippen molar-refractivity contribution in [3.05, 3.63) is 36.3 Å². The number of nitrogens with zero attached hydrogens (tertiary/aromatic N) is 3. The van der Waals surface area contributed by atoms with Crippen molar-refractivity contribution in [2.45, 2.75) is 26.3 Å². The number of rotatable bonds is 5. The molecule has 0 aliphatic heterocycles. The van der Waals surface area contributed by atoms with Crippen molar-refractivity contribution in [1.82, 2.24) is 15.2 Å². The first-order valence-corrected chi connectivity index (χ1v) is 6.16. The van der Waals surface area contributed by atoms with Gasteiger partial charge in [-0.15, -0.1) is 5.10 Å². The van der Waals surface area contributed by atoms with Crippen LogP contribution in [0.15, 0.2) is 30.5 Å². The minimum Gasteiger partial charge on any atom is -0.366 e. The van der Waals surface area contributed by atoms with Gasteiger partial charge in [0.1, 0.15) is 5.82 Å². The van der Waals surface area contributed by atoms with Gasteiger partial charge in [0.05, 0.1) is 6.20 Å². The summed E-state index contributed by atoms with van der Waals surface area (Å²) < 4.78 is 12.8. The number of hydrogen-bond acceptors (Lipinski definition) is 5. The van der Waals surface area contributed by atoms with Crippen LogP contribution < -0.4 is 10.6 Å². The van der Waals surface area contributed by atoms with Crippen LogP contribution in [0.5, 0.6) is 0 Å². The van der Waals surface area contributed by atoms with E-state index in [2.05, 4.69) is 39.7 Å². The summed E-state index contributed by atoms with van der Waals surface area (Å²) >= 11 is 0. The summed E-state index contributed by atoms with van der Waals surface area (Å²) in [5.74, 6) is 0.755. The molecule has 1 atom stereocenters. The number of aromatic nitrogens is 3. The Balaban J connectivity index is 2.08. The fourth-order valence-corrected chi connectivity index (χ4v) is 1.44. The standard InChI is InChI=1S/C13H16FN5/c1-3-9(2)16-12-8-15-19-13(18-12)17-11-6-4-10(14)5-7-11/h4-9H,3H2,1-2H3,(H2,16,17,18,19). The Morgan fingerprint density at radius 2 is 2.00 bits per heavy atom. The molecule has 0 aliphatic carbocycles. The SMILES string of the molecule is CCC(C)Nc1cnnc(Nc2ccc(F)cc2)n1. The molecule has 0 fully saturated rings. The normalized spacial score (nSPS) is 11.9. The van der Waals surface area contributed by atoms with Crippen LogP contribution in [0.3, 0.4) is 0 Å². The van der Waals surface area contributed by atoms with Gasteiger partial charge in [-0.2, -0.15) is 10.1 Å². The predicted octanol–water partition coefficient (Wildman–Crippen LogP) is 2.96. The van der Waals surface area contributed by atoms with Crippen molar-refractivity contribution < 1.29 is 4.39 Å². The molecule has 1 heterocycles. The molecule has 0 radical (unpaired) electrons. The third-order valence-corrected chi connectivity index (χ3v) is 2.67. The first-order valence-electron chi connectivity index (χ1n) is 6.16. The molecule has 0 saturated heterocycles. The van der Waals surface area contributed by atoms with Gasteiger partial charge in [0.25, 0.3) is 0 Å². The Bertz CT molecular complexity index is 529. The van der Waals surface area contributed by atoms with Crippen LogP contribution >= 0.6 is 0 Å². The molecule has 0 spiro atoms. The highest BCUT2D eigenvalue weighted by Gasteiger charge is 2.04. The molecule has 1 unspecified atom stereocenters. The molecule has 2 rings (SSSR count). The van der Waals surface area contributed by atoms with E-state index in [-0.39, 0.29) is 5.82 Å². The maximum absolute atomic E-state index is 12.8. The topological polar surface area (TPSA) is 62.7 Å². The van der Waals surface area contributed by atoms with Gasteiger partial charge in [-0.1, -0.05) is 6.92 Å². The fourth-order valence-electron chi connectivity index (χ4n) is 1.44. The molecule has 0 bridgehead atoms. The van der Waals surface area contributed by atoms with E-state index in [4.69, 9.17) is 0 Å². The molecule has 100 valence electrons. The van der Waals surface area contributed by atoms with Gasteiger partial charge in [-0.25, -0.2) is 4.39 Å². The highest BCUT2D eigenvalue weighted by atomic mass is 19.1. The summed E-state index contributed by atoms with van der Waals surface area (Å²) in [5, 5.41) is 13.9. The lowest BCUT2D eigenvalue weighted by molar-refractivity contribution is 0.628. The minimum atomic E-state index is -0.281. The maximum atomic E-state index is 12.8. The van der Waals surface area contributed by atoms with E-state index in [1.165, 1.54) is 12.1 Å². The molecule has 0 saturated carbocycles. The third-order valence-electron chi connectivity index (χ3n) is 2.67. The van der Waals surface area contributed by atoms with E-state index >= 15 is 0 Å². The molecular weight excluding hydrogens is 245 g/mol. The van der Waals surface area contributed by atoms with Crippen LogP contribution in [0.4, 0.5) is 21.8 Å². The summed E-state index contributed by atoms with van der Waals surface area (Å²) in [7, 11) is 0. The fraction of sp³-hybridized carbons (Fsp3) is 0.308. The van der Waals surface area contributed by atoms with Crippen LogP contribution in [-0.4, -0.2) is 21.2 Å². The Morgan fingerprint density at radius 3 is 2.68 bits per heavy atom. The van der Waals surface area contributed by atoms with Gasteiger partial charge in [0.2, 0.25) is 5.95 Å². The lowest BCUT2D eigenvalue weighted by Gasteiger charge is -2.12. The van der Waals surface area contributed by atoms with E-state index in [9.17, 15) is 4.39 Å². The van der Waals surface area contributed by atoms with Crippen LogP contribution in [0.1, 0.15) is 20.3 Å². The van der Waals surface area contributed by atoms with E-state index in [1.807, 2.05) is 0 Å². The molecule has 5 nitrogen and oxygen atoms in total. The third kappa shape index (κ3) is 3.87. The van der Waals surface area contributed by atoms with E-state index in [0.717, 1.165) is 6.42 Å². The van der Waals surface area contributed by atoms with Crippen molar-refractivity contribution in [3.8, 4) is 0 Å². The number of hydrogen-bond donors (Lipinski definition) is 2. The van der Waals surface area contributed by atoms with Gasteiger partial charge in [0, 0.05) is 11.7 Å². The zero-order valence-electron chi connectivity index (χ0n) is 10.9. The first kappa shape index (κ1) is 13.2. The number of nitrogens with one attached hydrogen (secondary N) is 2. The van der Waals surface area contributed by atoms with Gasteiger partial charge < -0.3 is 10.6 Å². The Labute approximate surface area is 111 Å². The van der Waals surface area contributed by atoms with E-state index in [1.54, 1.807) is 18.3 Å². The minimum absolute atomic E-state index is 0.281. The second-order valence-corrected chi connectivity index (χ2v) is 4.25. The molecule has 1 aromatic carbocycles. The molecule has 2 aromatic rings. The maximum Gasteiger partial charge on any atom is 0.249 e. The molecule has 6 heteroatoms. The lowest BCUT2D eigenvalue weighted by atomic mass is 10.3. The highest BCUT2D eigenvalue weighted by molar-refractivity contribution is 5.53. The summed E-state index contributed by atoms with van der Waals surface area (Å²) in [6.07, 6.45) is 2.56. The van der Waals surface area contributed by atoms with E-state index < -0.39 is 0 Å². The molecule has 2 N–H and O–H groups in total. The van der Waals surface area contributed by atoms with Gasteiger partial charge >= 0.3 is 0 Å². The van der Waals surface area contributed by atoms with Crippen molar-refractivity contribution in [2.24, 2.45) is 0 Å². The Morgan fingerprint density at radius 1 is 1.26 bits per heavy atom. The lowest BCUT2D eigenvalue weighted by Crippen LogP contribution is -2.15. The van der Waals surface area contributed by atoms with Gasteiger partial charge in [-0.3, -0.25) is 0 Å². The number of anilines is 3. The van der Waals surface area contributed by atoms with E-state index in [0.29, 0.717) is 23.5 Å². The smallest absolute Gasteiger partial charge is 0.249 e. The molecule has 0 aliphatic rings.